The number of aliphatic imine (C=N–C) groups is 1. The summed E-state index contributed by atoms with van der Waals surface area (Å²) in [6.45, 7) is 4.91. The van der Waals surface area contributed by atoms with Crippen LogP contribution in [-0.2, 0) is 81.6 Å². The maximum Gasteiger partial charge on any atom is 0.245 e. The minimum absolute atomic E-state index is 0.00230. The molecule has 0 unspecified atom stereocenters. The molecule has 0 saturated carbocycles. The van der Waals surface area contributed by atoms with E-state index in [-0.39, 0.29) is 114 Å². The van der Waals surface area contributed by atoms with Crippen LogP contribution in [0.2, 0.25) is 5.02 Å². The highest BCUT2D eigenvalue weighted by Crippen LogP contribution is 2.23. The van der Waals surface area contributed by atoms with Gasteiger partial charge in [-0.2, -0.15) is 0 Å². The minimum Gasteiger partial charge on any atom is -0.508 e. The summed E-state index contributed by atoms with van der Waals surface area (Å²) in [6, 6.07) is 10.7. The Bertz CT molecular complexity index is 3630. The van der Waals surface area contributed by atoms with Gasteiger partial charge < -0.3 is 90.8 Å². The van der Waals surface area contributed by atoms with Crippen molar-refractivity contribution in [3.63, 3.8) is 0 Å². The van der Waals surface area contributed by atoms with Gasteiger partial charge in [-0.15, -0.1) is 0 Å². The van der Waals surface area contributed by atoms with E-state index in [4.69, 9.17) is 28.8 Å². The summed E-state index contributed by atoms with van der Waals surface area (Å²) in [5.41, 5.74) is 18.0. The number of phenols is 1. The van der Waals surface area contributed by atoms with E-state index in [1.165, 1.54) is 36.1 Å². The summed E-state index contributed by atoms with van der Waals surface area (Å²) < 4.78 is 0. The number of nitrogens with one attached hydrogen (secondary N) is 11. The number of halogens is 1. The lowest BCUT2D eigenvalue weighted by Crippen LogP contribution is -2.61. The SMILES string of the molecule is CC(=O)N[C@@H]1CCC(=O)NCC(=O)NCCCC[C@H](C(=O)N[C@@H](CO)C(=O)N[C@@H](Cc2ccc(O)cc2)C(=O)N[C@H](Cc2ccc3ccccc3c2)C(=O)N[C@@H](CC(C)C)C(=O)N[C@@H](CCCN=C(N)N)C(=O)N2CCC[C@H]2C(=O)N[C@H](C)C(N)=O)NC(=O)[C@@H](Cc2ccc(Cl)cc2)NC1=O. The van der Waals surface area contributed by atoms with Gasteiger partial charge in [0.2, 0.25) is 76.8 Å². The highest BCUT2D eigenvalue weighted by molar-refractivity contribution is 6.30. The van der Waals surface area contributed by atoms with Gasteiger partial charge in [0.15, 0.2) is 5.96 Å². The molecular formula is C69H93ClN16O15. The van der Waals surface area contributed by atoms with Crippen LogP contribution in [-0.4, -0.2) is 191 Å². The smallest absolute Gasteiger partial charge is 0.245 e. The Balaban J connectivity index is 1.30. The van der Waals surface area contributed by atoms with Crippen LogP contribution in [0.25, 0.3) is 10.8 Å². The van der Waals surface area contributed by atoms with Gasteiger partial charge in [-0.05, 0) is 122 Å². The molecule has 546 valence electrons. The van der Waals surface area contributed by atoms with E-state index >= 15 is 9.59 Å². The number of nitrogens with two attached hydrogens (primary N) is 3. The van der Waals surface area contributed by atoms with Crippen LogP contribution in [0.3, 0.4) is 0 Å². The molecule has 2 aliphatic heterocycles. The average Bonchev–Trinajstić information content (AvgIpc) is 1.79. The number of carbonyl (C=O) groups excluding carboxylic acids is 13. The molecule has 2 aliphatic rings. The number of primary amides is 1. The molecule has 2 fully saturated rings. The zero-order valence-electron chi connectivity index (χ0n) is 56.9. The molecule has 2 heterocycles. The number of aliphatic hydroxyl groups is 1. The maximum absolute atomic E-state index is 15.1. The van der Waals surface area contributed by atoms with Crippen LogP contribution in [0.15, 0.2) is 96.0 Å². The Morgan fingerprint density at radius 3 is 1.90 bits per heavy atom. The molecule has 13 amide bonds. The highest BCUT2D eigenvalue weighted by Gasteiger charge is 2.40. The van der Waals surface area contributed by atoms with Crippen LogP contribution in [0.5, 0.6) is 5.75 Å². The number of aliphatic hydroxyl groups excluding tert-OH is 1. The number of carbonyl (C=O) groups is 13. The lowest BCUT2D eigenvalue weighted by atomic mass is 9.98. The quantitative estimate of drug-likeness (QED) is 0.0173. The van der Waals surface area contributed by atoms with Gasteiger partial charge in [0, 0.05) is 57.3 Å². The number of phenolic OH excluding ortho intramolecular Hbond substituents is 1. The molecule has 0 spiro atoms. The average molecular weight is 1420 g/mol. The molecule has 0 aromatic heterocycles. The van der Waals surface area contributed by atoms with Gasteiger partial charge in [-0.3, -0.25) is 67.3 Å². The van der Waals surface area contributed by atoms with Crippen molar-refractivity contribution in [2.24, 2.45) is 28.1 Å². The second kappa shape index (κ2) is 39.4. The number of amides is 13. The van der Waals surface area contributed by atoms with E-state index in [1.807, 2.05) is 30.3 Å². The summed E-state index contributed by atoms with van der Waals surface area (Å²) >= 11 is 6.17. The molecule has 31 nitrogen and oxygen atoms in total. The first kappa shape index (κ1) is 79.6. The van der Waals surface area contributed by atoms with Crippen molar-refractivity contribution in [1.82, 2.24) is 63.4 Å². The summed E-state index contributed by atoms with van der Waals surface area (Å²) in [4.78, 5) is 186. The monoisotopic (exact) mass is 1420 g/mol. The van der Waals surface area contributed by atoms with Crippen LogP contribution in [0.1, 0.15) is 109 Å². The fourth-order valence-corrected chi connectivity index (χ4v) is 11.6. The lowest BCUT2D eigenvalue weighted by Gasteiger charge is -2.31. The van der Waals surface area contributed by atoms with Crippen molar-refractivity contribution in [3.8, 4) is 5.75 Å². The Kier molecular flexibility index (Phi) is 31.0. The number of aromatic hydroxyl groups is 1. The third-order valence-corrected chi connectivity index (χ3v) is 17.1. The third kappa shape index (κ3) is 26.0. The topological polar surface area (TPSA) is 488 Å². The van der Waals surface area contributed by atoms with Crippen LogP contribution in [0, 0.1) is 5.92 Å². The van der Waals surface area contributed by atoms with Gasteiger partial charge >= 0.3 is 0 Å². The van der Waals surface area contributed by atoms with E-state index in [1.54, 1.807) is 50.2 Å². The zero-order valence-corrected chi connectivity index (χ0v) is 57.7. The third-order valence-electron chi connectivity index (χ3n) is 16.9. The Labute approximate surface area is 589 Å². The molecule has 0 radical (unpaired) electrons. The zero-order chi connectivity index (χ0) is 73.9. The number of guanidine groups is 1. The summed E-state index contributed by atoms with van der Waals surface area (Å²) in [7, 11) is 0. The largest absolute Gasteiger partial charge is 0.508 e. The van der Waals surface area contributed by atoms with Crippen LogP contribution < -0.4 is 75.7 Å². The first-order valence-corrected chi connectivity index (χ1v) is 33.9. The standard InChI is InChI=1S/C69H93ClN16O15/c1-38(2)31-51(62(95)80-50(14-9-29-75-69(72)73)68(101)86-30-10-15-56(86)67(100)77-39(3)59(71)92)81-65(98)54(35-43-16-21-44-11-5-6-12-45(44)32-43)83-64(97)53(34-42-19-24-47(89)25-20-42)84-66(99)55(37-87)85-60(93)48-13-7-8-28-74-58(91)36-76-57(90)27-26-49(78-40(4)88)61(94)82-52(63(96)79-48)33-41-17-22-46(70)23-18-41/h5-6,11-12,16-25,32,38-39,48-56,87,89H,7-10,13-15,26-31,33-37H2,1-4H3,(H2,71,92)(H,74,91)(H,76,90)(H,77,100)(H,78,88)(H,79,96)(H,80,95)(H,81,98)(H,82,94)(H,83,97)(H,84,99)(H,85,93)(H4,72,73,75)/t39-,48-,49-,50+,51+,52-,53+,54-,55+,56+/m1/s1. The number of rotatable bonds is 28. The number of nitrogens with zero attached hydrogens (tertiary/aromatic N) is 2. The molecule has 10 atom stereocenters. The molecule has 4 aromatic rings. The molecule has 6 rings (SSSR count). The summed E-state index contributed by atoms with van der Waals surface area (Å²) in [5, 5.41) is 52.0. The van der Waals surface area contributed by atoms with Gasteiger partial charge in [0.25, 0.3) is 0 Å². The number of likely N-dealkylation sites (tertiary alicyclic amines) is 1. The minimum atomic E-state index is -1.84. The molecule has 19 N–H and O–H groups in total. The fourth-order valence-electron chi connectivity index (χ4n) is 11.5. The normalized spacial score (nSPS) is 18.9. The first-order valence-electron chi connectivity index (χ1n) is 33.6. The predicted molar refractivity (Wildman–Crippen MR) is 373 cm³/mol. The molecular weight excluding hydrogens is 1330 g/mol. The molecule has 2 saturated heterocycles. The Morgan fingerprint density at radius 1 is 0.644 bits per heavy atom. The molecule has 32 heteroatoms. The highest BCUT2D eigenvalue weighted by atomic mass is 35.5. The van der Waals surface area contributed by atoms with Crippen molar-refractivity contribution in [2.75, 3.05) is 32.8 Å². The van der Waals surface area contributed by atoms with Crippen molar-refractivity contribution in [2.45, 2.75) is 172 Å². The lowest BCUT2D eigenvalue weighted by molar-refractivity contribution is -0.142. The Morgan fingerprint density at radius 2 is 1.26 bits per heavy atom. The number of fused-ring (bicyclic) bond motifs is 1. The number of hydrogen-bond acceptors (Lipinski definition) is 16. The number of benzene rings is 4. The van der Waals surface area contributed by atoms with Crippen LogP contribution in [0.4, 0.5) is 0 Å². The van der Waals surface area contributed by atoms with E-state index in [2.05, 4.69) is 63.5 Å². The summed E-state index contributed by atoms with van der Waals surface area (Å²) in [5.74, 6) is -11.0. The van der Waals surface area contributed by atoms with Gasteiger partial charge in [0.05, 0.1) is 13.2 Å². The molecule has 0 bridgehead atoms. The second-order valence-corrected chi connectivity index (χ2v) is 25.9. The van der Waals surface area contributed by atoms with Gasteiger partial charge in [0.1, 0.15) is 66.2 Å². The van der Waals surface area contributed by atoms with Crippen molar-refractivity contribution < 1.29 is 72.5 Å². The van der Waals surface area contributed by atoms with Gasteiger partial charge in [-0.25, -0.2) is 0 Å². The molecule has 0 aliphatic carbocycles. The fraction of sp³-hybridized carbons (Fsp3) is 0.478. The predicted octanol–water partition coefficient (Wildman–Crippen LogP) is -1.61. The van der Waals surface area contributed by atoms with E-state index in [9.17, 15) is 63.0 Å². The van der Waals surface area contributed by atoms with Crippen molar-refractivity contribution >= 4 is 105 Å². The summed E-state index contributed by atoms with van der Waals surface area (Å²) in [6.07, 6.45) is -0.193. The molecule has 4 aromatic carbocycles. The first-order chi connectivity index (χ1) is 48.1. The molecule has 101 heavy (non-hydrogen) atoms. The van der Waals surface area contributed by atoms with Crippen LogP contribution >= 0.6 is 11.6 Å². The Hall–Kier alpha value is -10.4. The maximum atomic E-state index is 15.1. The van der Waals surface area contributed by atoms with E-state index in [0.717, 1.165) is 17.7 Å². The second-order valence-electron chi connectivity index (χ2n) is 25.5. The van der Waals surface area contributed by atoms with Gasteiger partial charge in [-0.1, -0.05) is 92.2 Å². The van der Waals surface area contributed by atoms with Crippen molar-refractivity contribution in [3.05, 3.63) is 113 Å². The van der Waals surface area contributed by atoms with E-state index < -0.39 is 150 Å². The van der Waals surface area contributed by atoms with E-state index in [0.29, 0.717) is 28.1 Å². The number of hydrogen-bond donors (Lipinski definition) is 16. The van der Waals surface area contributed by atoms with Crippen molar-refractivity contribution in [1.29, 1.82) is 0 Å².